The maximum atomic E-state index is 11.9. The summed E-state index contributed by atoms with van der Waals surface area (Å²) in [5.74, 6) is -0.741. The van der Waals surface area contributed by atoms with Crippen LogP contribution in [-0.4, -0.2) is 25.3 Å². The molecule has 1 rings (SSSR count). The van der Waals surface area contributed by atoms with Crippen LogP contribution in [0, 0.1) is 0 Å². The molecule has 5 nitrogen and oxygen atoms in total. The summed E-state index contributed by atoms with van der Waals surface area (Å²) in [5, 5.41) is -0.413. The smallest absolute Gasteiger partial charge is 0.256 e. The van der Waals surface area contributed by atoms with Gasteiger partial charge in [0.2, 0.25) is 0 Å². The van der Waals surface area contributed by atoms with E-state index in [2.05, 4.69) is 10.9 Å². The van der Waals surface area contributed by atoms with Crippen molar-refractivity contribution in [1.29, 1.82) is 0 Å². The van der Waals surface area contributed by atoms with Gasteiger partial charge in [0.25, 0.3) is 5.91 Å². The fraction of sp³-hybridized carbons (Fsp3) is 0.417. The SMILES string of the molecule is CCCS(=O)(=O)[C@@H](C)C(=O)NNc1c(Cl)cc(Cl)cc1Cl. The van der Waals surface area contributed by atoms with E-state index in [1.807, 2.05) is 0 Å². The van der Waals surface area contributed by atoms with Gasteiger partial charge in [-0.05, 0) is 25.5 Å². The fourth-order valence-corrected chi connectivity index (χ4v) is 3.73. The molecule has 118 valence electrons. The van der Waals surface area contributed by atoms with Crippen LogP contribution in [-0.2, 0) is 14.6 Å². The van der Waals surface area contributed by atoms with Crippen LogP contribution in [0.1, 0.15) is 20.3 Å². The molecule has 1 aromatic rings. The Morgan fingerprint density at radius 1 is 1.24 bits per heavy atom. The van der Waals surface area contributed by atoms with Crippen LogP contribution in [0.3, 0.4) is 0 Å². The van der Waals surface area contributed by atoms with Crippen LogP contribution in [0.2, 0.25) is 15.1 Å². The lowest BCUT2D eigenvalue weighted by molar-refractivity contribution is -0.119. The fourth-order valence-electron chi connectivity index (χ4n) is 1.51. The first-order chi connectivity index (χ1) is 9.69. The predicted molar refractivity (Wildman–Crippen MR) is 86.8 cm³/mol. The predicted octanol–water partition coefficient (Wildman–Crippen LogP) is 3.30. The van der Waals surface area contributed by atoms with Gasteiger partial charge in [-0.15, -0.1) is 0 Å². The van der Waals surface area contributed by atoms with Gasteiger partial charge in [-0.2, -0.15) is 0 Å². The van der Waals surface area contributed by atoms with Crippen molar-refractivity contribution in [2.24, 2.45) is 0 Å². The second-order valence-corrected chi connectivity index (χ2v) is 8.06. The molecule has 0 unspecified atom stereocenters. The van der Waals surface area contributed by atoms with Crippen LogP contribution in [0.5, 0.6) is 0 Å². The van der Waals surface area contributed by atoms with E-state index < -0.39 is 21.0 Å². The van der Waals surface area contributed by atoms with Gasteiger partial charge >= 0.3 is 0 Å². The summed E-state index contributed by atoms with van der Waals surface area (Å²) in [6, 6.07) is 2.89. The molecule has 1 aromatic carbocycles. The topological polar surface area (TPSA) is 75.3 Å². The van der Waals surface area contributed by atoms with E-state index in [1.54, 1.807) is 6.92 Å². The van der Waals surface area contributed by atoms with E-state index in [4.69, 9.17) is 34.8 Å². The number of hydrazine groups is 1. The monoisotopic (exact) mass is 372 g/mol. The normalized spacial score (nSPS) is 12.8. The number of anilines is 1. The molecular weight excluding hydrogens is 359 g/mol. The Morgan fingerprint density at radius 3 is 2.24 bits per heavy atom. The molecule has 1 amide bonds. The number of carbonyl (C=O) groups is 1. The standard InChI is InChI=1S/C12H15Cl3N2O3S/c1-3-4-21(19,20)7(2)12(18)17-16-11-9(14)5-8(13)6-10(11)15/h5-7,16H,3-4H2,1-2H3,(H,17,18)/t7-/m0/s1. The summed E-state index contributed by atoms with van der Waals surface area (Å²) >= 11 is 17.6. The van der Waals surface area contributed by atoms with Crippen LogP contribution in [0.25, 0.3) is 0 Å². The van der Waals surface area contributed by atoms with E-state index >= 15 is 0 Å². The molecule has 0 bridgehead atoms. The third kappa shape index (κ3) is 4.92. The van der Waals surface area contributed by atoms with Crippen molar-refractivity contribution in [1.82, 2.24) is 5.43 Å². The second kappa shape index (κ2) is 7.54. The maximum absolute atomic E-state index is 11.9. The largest absolute Gasteiger partial charge is 0.296 e. The minimum absolute atomic E-state index is 0.0515. The van der Waals surface area contributed by atoms with E-state index in [-0.39, 0.29) is 21.5 Å². The zero-order chi connectivity index (χ0) is 16.2. The van der Waals surface area contributed by atoms with Crippen LogP contribution in [0.4, 0.5) is 5.69 Å². The molecule has 0 fully saturated rings. The first-order valence-electron chi connectivity index (χ1n) is 6.11. The highest BCUT2D eigenvalue weighted by Crippen LogP contribution is 2.33. The molecule has 0 spiro atoms. The Morgan fingerprint density at radius 2 is 1.76 bits per heavy atom. The number of sulfone groups is 1. The summed E-state index contributed by atoms with van der Waals surface area (Å²) in [6.45, 7) is 3.06. The molecule has 2 N–H and O–H groups in total. The van der Waals surface area contributed by atoms with Gasteiger partial charge in [-0.25, -0.2) is 8.42 Å². The van der Waals surface area contributed by atoms with Gasteiger partial charge in [0.15, 0.2) is 9.84 Å². The van der Waals surface area contributed by atoms with E-state index in [1.165, 1.54) is 19.1 Å². The average Bonchev–Trinajstić information content (AvgIpc) is 2.36. The summed E-state index contributed by atoms with van der Waals surface area (Å²) in [6.07, 6.45) is 0.447. The van der Waals surface area contributed by atoms with Crippen LogP contribution >= 0.6 is 34.8 Å². The van der Waals surface area contributed by atoms with E-state index in [0.29, 0.717) is 11.4 Å². The number of hydrogen-bond acceptors (Lipinski definition) is 4. The molecule has 0 aliphatic heterocycles. The number of halogens is 3. The van der Waals surface area contributed by atoms with Crippen molar-refractivity contribution in [3.8, 4) is 0 Å². The first kappa shape index (κ1) is 18.4. The molecule has 0 aromatic heterocycles. The molecule has 0 saturated carbocycles. The zero-order valence-electron chi connectivity index (χ0n) is 11.4. The molecule has 0 aliphatic carbocycles. The molecular formula is C12H15Cl3N2O3S. The van der Waals surface area contributed by atoms with Gasteiger partial charge in [0, 0.05) is 5.02 Å². The summed E-state index contributed by atoms with van der Waals surface area (Å²) in [4.78, 5) is 11.9. The van der Waals surface area contributed by atoms with E-state index in [0.717, 1.165) is 0 Å². The average molecular weight is 374 g/mol. The number of hydrogen-bond donors (Lipinski definition) is 2. The Bertz CT molecular complexity index is 612. The van der Waals surface area contributed by atoms with Crippen molar-refractivity contribution >= 4 is 56.2 Å². The van der Waals surface area contributed by atoms with Gasteiger partial charge in [0.1, 0.15) is 5.25 Å². The lowest BCUT2D eigenvalue weighted by atomic mass is 10.3. The third-order valence-corrected chi connectivity index (χ3v) is 5.80. The number of nitrogens with one attached hydrogen (secondary N) is 2. The van der Waals surface area contributed by atoms with Gasteiger partial charge in [0.05, 0.1) is 21.5 Å². The number of benzene rings is 1. The van der Waals surface area contributed by atoms with E-state index in [9.17, 15) is 13.2 Å². The van der Waals surface area contributed by atoms with Crippen LogP contribution < -0.4 is 10.9 Å². The number of rotatable bonds is 6. The molecule has 9 heteroatoms. The Balaban J connectivity index is 2.78. The Labute approximate surface area is 138 Å². The van der Waals surface area contributed by atoms with Crippen molar-refractivity contribution in [2.45, 2.75) is 25.5 Å². The highest BCUT2D eigenvalue weighted by molar-refractivity contribution is 7.92. The highest BCUT2D eigenvalue weighted by atomic mass is 35.5. The third-order valence-electron chi connectivity index (χ3n) is 2.71. The molecule has 0 radical (unpaired) electrons. The maximum Gasteiger partial charge on any atom is 0.256 e. The second-order valence-electron chi connectivity index (χ2n) is 4.37. The molecule has 0 heterocycles. The minimum atomic E-state index is -3.48. The van der Waals surface area contributed by atoms with Gasteiger partial charge < -0.3 is 0 Å². The number of amides is 1. The minimum Gasteiger partial charge on any atom is -0.296 e. The highest BCUT2D eigenvalue weighted by Gasteiger charge is 2.27. The van der Waals surface area contributed by atoms with Gasteiger partial charge in [-0.3, -0.25) is 15.6 Å². The zero-order valence-corrected chi connectivity index (χ0v) is 14.5. The Hall–Kier alpha value is -0.690. The van der Waals surface area contributed by atoms with Crippen molar-refractivity contribution in [2.75, 3.05) is 11.2 Å². The molecule has 0 saturated heterocycles. The van der Waals surface area contributed by atoms with Crippen molar-refractivity contribution in [3.63, 3.8) is 0 Å². The quantitative estimate of drug-likeness (QED) is 0.750. The van der Waals surface area contributed by atoms with Crippen molar-refractivity contribution in [3.05, 3.63) is 27.2 Å². The molecule has 1 atom stereocenters. The lowest BCUT2D eigenvalue weighted by Crippen LogP contribution is -2.41. The summed E-state index contributed by atoms with van der Waals surface area (Å²) < 4.78 is 23.6. The molecule has 21 heavy (non-hydrogen) atoms. The van der Waals surface area contributed by atoms with Gasteiger partial charge in [-0.1, -0.05) is 41.7 Å². The van der Waals surface area contributed by atoms with Crippen LogP contribution in [0.15, 0.2) is 12.1 Å². The summed E-state index contributed by atoms with van der Waals surface area (Å²) in [5.41, 5.74) is 5.05. The van der Waals surface area contributed by atoms with Crippen molar-refractivity contribution < 1.29 is 13.2 Å². The number of carbonyl (C=O) groups excluding carboxylic acids is 1. The molecule has 0 aliphatic rings. The Kier molecular flexibility index (Phi) is 6.59. The summed E-state index contributed by atoms with van der Waals surface area (Å²) in [7, 11) is -3.48. The first-order valence-corrected chi connectivity index (χ1v) is 8.96. The lowest BCUT2D eigenvalue weighted by Gasteiger charge is -2.15.